The van der Waals surface area contributed by atoms with Gasteiger partial charge in [0.15, 0.2) is 0 Å². The summed E-state index contributed by atoms with van der Waals surface area (Å²) in [5, 5.41) is 6.26. The molecule has 1 aromatic rings. The fraction of sp³-hybridized carbons (Fsp3) is 0.500. The first-order chi connectivity index (χ1) is 6.72. The van der Waals surface area contributed by atoms with Crippen molar-refractivity contribution in [2.24, 2.45) is 0 Å². The van der Waals surface area contributed by atoms with Crippen LogP contribution in [0.25, 0.3) is 0 Å². The number of pyridine rings is 1. The van der Waals surface area contributed by atoms with Gasteiger partial charge in [0.1, 0.15) is 11.6 Å². The van der Waals surface area contributed by atoms with Crippen LogP contribution in [0.5, 0.6) is 0 Å². The second kappa shape index (κ2) is 5.44. The second-order valence-electron chi connectivity index (χ2n) is 3.39. The van der Waals surface area contributed by atoms with E-state index in [0.717, 1.165) is 24.7 Å². The lowest BCUT2D eigenvalue weighted by Gasteiger charge is -2.11. The highest BCUT2D eigenvalue weighted by Gasteiger charge is 1.95. The Morgan fingerprint density at radius 3 is 2.64 bits per heavy atom. The summed E-state index contributed by atoms with van der Waals surface area (Å²) in [7, 11) is 5.98. The third-order valence-corrected chi connectivity index (χ3v) is 1.87. The molecule has 0 spiro atoms. The number of rotatable bonds is 5. The van der Waals surface area contributed by atoms with Crippen molar-refractivity contribution in [2.45, 2.75) is 0 Å². The average Bonchev–Trinajstić information content (AvgIpc) is 2.18. The maximum Gasteiger partial charge on any atom is 0.128 e. The van der Waals surface area contributed by atoms with Crippen molar-refractivity contribution in [2.75, 3.05) is 44.9 Å². The SMILES string of the molecule is CNc1cccc(NCCN(C)C)n1. The second-order valence-corrected chi connectivity index (χ2v) is 3.39. The molecule has 0 saturated carbocycles. The van der Waals surface area contributed by atoms with Gasteiger partial charge in [0.2, 0.25) is 0 Å². The van der Waals surface area contributed by atoms with Crippen molar-refractivity contribution in [1.82, 2.24) is 9.88 Å². The molecule has 0 aliphatic heterocycles. The van der Waals surface area contributed by atoms with Gasteiger partial charge < -0.3 is 15.5 Å². The van der Waals surface area contributed by atoms with E-state index in [9.17, 15) is 0 Å². The molecule has 4 nitrogen and oxygen atoms in total. The number of hydrogen-bond acceptors (Lipinski definition) is 4. The van der Waals surface area contributed by atoms with Crippen LogP contribution in [0.1, 0.15) is 0 Å². The van der Waals surface area contributed by atoms with Crippen molar-refractivity contribution in [3.63, 3.8) is 0 Å². The van der Waals surface area contributed by atoms with Gasteiger partial charge in [0.05, 0.1) is 0 Å². The molecular formula is C10H18N4. The summed E-state index contributed by atoms with van der Waals surface area (Å²) in [5.74, 6) is 1.80. The highest BCUT2D eigenvalue weighted by atomic mass is 15.1. The third kappa shape index (κ3) is 3.62. The van der Waals surface area contributed by atoms with Crippen LogP contribution in [0.4, 0.5) is 11.6 Å². The Morgan fingerprint density at radius 1 is 1.29 bits per heavy atom. The standard InChI is InChI=1S/C10H18N4/c1-11-9-5-4-6-10(13-9)12-7-8-14(2)3/h4-6H,7-8H2,1-3H3,(H2,11,12,13). The molecule has 78 valence electrons. The summed E-state index contributed by atoms with van der Waals surface area (Å²) in [5.41, 5.74) is 0. The van der Waals surface area contributed by atoms with Crippen LogP contribution in [0.15, 0.2) is 18.2 Å². The first-order valence-corrected chi connectivity index (χ1v) is 4.76. The minimum absolute atomic E-state index is 0.889. The van der Waals surface area contributed by atoms with E-state index in [1.807, 2.05) is 25.2 Å². The first kappa shape index (κ1) is 10.8. The van der Waals surface area contributed by atoms with Crippen LogP contribution in [-0.4, -0.2) is 44.1 Å². The van der Waals surface area contributed by atoms with Gasteiger partial charge in [-0.1, -0.05) is 6.07 Å². The molecule has 0 aromatic carbocycles. The largest absolute Gasteiger partial charge is 0.373 e. The molecule has 0 atom stereocenters. The zero-order valence-electron chi connectivity index (χ0n) is 9.04. The van der Waals surface area contributed by atoms with E-state index in [-0.39, 0.29) is 0 Å². The number of hydrogen-bond donors (Lipinski definition) is 2. The van der Waals surface area contributed by atoms with Gasteiger partial charge in [-0.3, -0.25) is 0 Å². The molecule has 1 heterocycles. The van der Waals surface area contributed by atoms with Gasteiger partial charge in [0, 0.05) is 20.1 Å². The van der Waals surface area contributed by atoms with E-state index in [2.05, 4.69) is 34.6 Å². The molecule has 4 heteroatoms. The Hall–Kier alpha value is -1.29. The highest BCUT2D eigenvalue weighted by molar-refractivity contribution is 5.44. The van der Waals surface area contributed by atoms with E-state index in [0.29, 0.717) is 0 Å². The topological polar surface area (TPSA) is 40.2 Å². The molecule has 0 saturated heterocycles. The minimum Gasteiger partial charge on any atom is -0.373 e. The van der Waals surface area contributed by atoms with Gasteiger partial charge in [0.25, 0.3) is 0 Å². The van der Waals surface area contributed by atoms with Gasteiger partial charge in [-0.15, -0.1) is 0 Å². The fourth-order valence-electron chi connectivity index (χ4n) is 1.08. The Labute approximate surface area is 85.3 Å². The zero-order chi connectivity index (χ0) is 10.4. The van der Waals surface area contributed by atoms with E-state index in [1.54, 1.807) is 0 Å². The van der Waals surface area contributed by atoms with Crippen molar-refractivity contribution >= 4 is 11.6 Å². The maximum atomic E-state index is 4.35. The molecule has 0 bridgehead atoms. The van der Waals surface area contributed by atoms with Crippen LogP contribution in [0.3, 0.4) is 0 Å². The van der Waals surface area contributed by atoms with Crippen LogP contribution < -0.4 is 10.6 Å². The molecule has 14 heavy (non-hydrogen) atoms. The van der Waals surface area contributed by atoms with Crippen molar-refractivity contribution in [3.8, 4) is 0 Å². The van der Waals surface area contributed by atoms with Crippen molar-refractivity contribution in [1.29, 1.82) is 0 Å². The molecular weight excluding hydrogens is 176 g/mol. The minimum atomic E-state index is 0.889. The number of nitrogens with one attached hydrogen (secondary N) is 2. The first-order valence-electron chi connectivity index (χ1n) is 4.76. The summed E-state index contributed by atoms with van der Waals surface area (Å²) in [6, 6.07) is 5.89. The van der Waals surface area contributed by atoms with E-state index < -0.39 is 0 Å². The Bertz CT molecular complexity index is 273. The van der Waals surface area contributed by atoms with Crippen LogP contribution in [-0.2, 0) is 0 Å². The maximum absolute atomic E-state index is 4.35. The molecule has 0 amide bonds. The normalized spacial score (nSPS) is 10.3. The van der Waals surface area contributed by atoms with Crippen molar-refractivity contribution < 1.29 is 0 Å². The molecule has 0 aliphatic carbocycles. The Morgan fingerprint density at radius 2 is 2.00 bits per heavy atom. The number of aromatic nitrogens is 1. The zero-order valence-corrected chi connectivity index (χ0v) is 9.04. The molecule has 0 radical (unpaired) electrons. The molecule has 1 rings (SSSR count). The summed E-state index contributed by atoms with van der Waals surface area (Å²) < 4.78 is 0. The summed E-state index contributed by atoms with van der Waals surface area (Å²) in [4.78, 5) is 6.48. The lowest BCUT2D eigenvalue weighted by atomic mass is 10.4. The summed E-state index contributed by atoms with van der Waals surface area (Å²) in [6.45, 7) is 1.92. The smallest absolute Gasteiger partial charge is 0.128 e. The van der Waals surface area contributed by atoms with Gasteiger partial charge in [-0.25, -0.2) is 4.98 Å². The molecule has 1 aromatic heterocycles. The number of nitrogens with zero attached hydrogens (tertiary/aromatic N) is 2. The van der Waals surface area contributed by atoms with Crippen molar-refractivity contribution in [3.05, 3.63) is 18.2 Å². The lowest BCUT2D eigenvalue weighted by Crippen LogP contribution is -2.21. The predicted octanol–water partition coefficient (Wildman–Crippen LogP) is 1.10. The third-order valence-electron chi connectivity index (χ3n) is 1.87. The van der Waals surface area contributed by atoms with E-state index in [4.69, 9.17) is 0 Å². The predicted molar refractivity (Wildman–Crippen MR) is 60.8 cm³/mol. The van der Waals surface area contributed by atoms with E-state index in [1.165, 1.54) is 0 Å². The Balaban J connectivity index is 2.42. The molecule has 0 unspecified atom stereocenters. The van der Waals surface area contributed by atoms with Gasteiger partial charge in [-0.05, 0) is 26.2 Å². The monoisotopic (exact) mass is 194 g/mol. The summed E-state index contributed by atoms with van der Waals surface area (Å²) >= 11 is 0. The molecule has 0 aliphatic rings. The highest BCUT2D eigenvalue weighted by Crippen LogP contribution is 2.07. The fourth-order valence-corrected chi connectivity index (χ4v) is 1.08. The van der Waals surface area contributed by atoms with Crippen LogP contribution >= 0.6 is 0 Å². The number of anilines is 2. The summed E-state index contributed by atoms with van der Waals surface area (Å²) in [6.07, 6.45) is 0. The van der Waals surface area contributed by atoms with Crippen LogP contribution in [0.2, 0.25) is 0 Å². The average molecular weight is 194 g/mol. The van der Waals surface area contributed by atoms with E-state index >= 15 is 0 Å². The molecule has 2 N–H and O–H groups in total. The quantitative estimate of drug-likeness (QED) is 0.736. The van der Waals surface area contributed by atoms with Gasteiger partial charge >= 0.3 is 0 Å². The van der Waals surface area contributed by atoms with Gasteiger partial charge in [-0.2, -0.15) is 0 Å². The molecule has 0 fully saturated rings. The Kier molecular flexibility index (Phi) is 4.19. The lowest BCUT2D eigenvalue weighted by molar-refractivity contribution is 0.425. The van der Waals surface area contributed by atoms with Crippen LogP contribution in [0, 0.1) is 0 Å². The number of likely N-dealkylation sites (N-methyl/N-ethyl adjacent to an activating group) is 1.